The van der Waals surface area contributed by atoms with Crippen LogP contribution >= 0.6 is 11.8 Å². The Balaban J connectivity index is 3.47. The van der Waals surface area contributed by atoms with E-state index in [1.807, 2.05) is 0 Å². The van der Waals surface area contributed by atoms with Gasteiger partial charge in [0.05, 0.1) is 0 Å². The van der Waals surface area contributed by atoms with Crippen molar-refractivity contribution >= 4 is 11.8 Å². The summed E-state index contributed by atoms with van der Waals surface area (Å²) in [4.78, 5) is 2.24. The average molecular weight is 349 g/mol. The number of nitrogens with zero attached hydrogens (tertiary/aromatic N) is 1. The monoisotopic (exact) mass is 349 g/mol. The zero-order valence-corrected chi connectivity index (χ0v) is 14.3. The molecular formula is C15H28F5NS. The Kier molecular flexibility index (Phi) is 11.5. The maximum absolute atomic E-state index is 12.6. The van der Waals surface area contributed by atoms with E-state index >= 15 is 0 Å². The SMILES string of the molecule is CCCCCCN(C)CCCSCCCC(F)(F)C(F)(F)F. The van der Waals surface area contributed by atoms with Crippen molar-refractivity contribution in [3.63, 3.8) is 0 Å². The lowest BCUT2D eigenvalue weighted by Crippen LogP contribution is -2.36. The van der Waals surface area contributed by atoms with E-state index in [2.05, 4.69) is 18.9 Å². The van der Waals surface area contributed by atoms with Crippen molar-refractivity contribution in [3.8, 4) is 0 Å². The minimum Gasteiger partial charge on any atom is -0.306 e. The smallest absolute Gasteiger partial charge is 0.306 e. The Morgan fingerprint density at radius 1 is 0.818 bits per heavy atom. The second-order valence-electron chi connectivity index (χ2n) is 5.64. The molecule has 0 aliphatic rings. The van der Waals surface area contributed by atoms with Gasteiger partial charge in [-0.3, -0.25) is 0 Å². The van der Waals surface area contributed by atoms with Gasteiger partial charge in [0, 0.05) is 6.42 Å². The standard InChI is InChI=1S/C15H28F5NS/c1-3-4-5-6-10-21(2)11-8-13-22-12-7-9-14(16,17)15(18,19)20/h3-13H2,1-2H3. The van der Waals surface area contributed by atoms with Crippen LogP contribution in [0.4, 0.5) is 22.0 Å². The molecular weight excluding hydrogens is 321 g/mol. The maximum atomic E-state index is 12.6. The Morgan fingerprint density at radius 2 is 1.41 bits per heavy atom. The molecule has 134 valence electrons. The van der Waals surface area contributed by atoms with Gasteiger partial charge in [0.25, 0.3) is 0 Å². The molecule has 0 unspecified atom stereocenters. The number of alkyl halides is 5. The van der Waals surface area contributed by atoms with E-state index in [-0.39, 0.29) is 6.42 Å². The highest BCUT2D eigenvalue weighted by atomic mass is 32.2. The van der Waals surface area contributed by atoms with Gasteiger partial charge in [0.15, 0.2) is 0 Å². The molecule has 0 amide bonds. The van der Waals surface area contributed by atoms with E-state index in [9.17, 15) is 22.0 Å². The molecule has 0 aromatic heterocycles. The Labute approximate surface area is 135 Å². The van der Waals surface area contributed by atoms with Gasteiger partial charge in [0.2, 0.25) is 0 Å². The Bertz CT molecular complexity index is 271. The van der Waals surface area contributed by atoms with Crippen LogP contribution in [0.2, 0.25) is 0 Å². The number of unbranched alkanes of at least 4 members (excludes halogenated alkanes) is 3. The molecule has 0 N–H and O–H groups in total. The van der Waals surface area contributed by atoms with Gasteiger partial charge in [-0.05, 0) is 50.9 Å². The average Bonchev–Trinajstić information content (AvgIpc) is 2.41. The Hall–Kier alpha value is -0.0400. The van der Waals surface area contributed by atoms with Gasteiger partial charge in [-0.25, -0.2) is 0 Å². The molecule has 0 aliphatic heterocycles. The van der Waals surface area contributed by atoms with Crippen molar-refractivity contribution in [2.24, 2.45) is 0 Å². The van der Waals surface area contributed by atoms with E-state index in [0.717, 1.165) is 25.3 Å². The van der Waals surface area contributed by atoms with Crippen molar-refractivity contribution in [1.29, 1.82) is 0 Å². The third-order valence-electron chi connectivity index (χ3n) is 3.42. The molecule has 0 aromatic rings. The van der Waals surface area contributed by atoms with Gasteiger partial charge in [-0.15, -0.1) is 0 Å². The fourth-order valence-electron chi connectivity index (χ4n) is 2.00. The van der Waals surface area contributed by atoms with Gasteiger partial charge in [-0.2, -0.15) is 33.7 Å². The first-order valence-electron chi connectivity index (χ1n) is 7.91. The lowest BCUT2D eigenvalue weighted by Gasteiger charge is -2.19. The second kappa shape index (κ2) is 11.5. The van der Waals surface area contributed by atoms with E-state index in [1.54, 1.807) is 0 Å². The molecule has 22 heavy (non-hydrogen) atoms. The number of thioether (sulfide) groups is 1. The van der Waals surface area contributed by atoms with Crippen LogP contribution in [0.15, 0.2) is 0 Å². The molecule has 0 radical (unpaired) electrons. The number of rotatable bonds is 13. The normalized spacial score (nSPS) is 13.1. The number of hydrogen-bond acceptors (Lipinski definition) is 2. The van der Waals surface area contributed by atoms with E-state index in [0.29, 0.717) is 5.75 Å². The summed E-state index contributed by atoms with van der Waals surface area (Å²) in [6, 6.07) is 0. The molecule has 0 saturated heterocycles. The molecule has 0 rings (SSSR count). The molecule has 0 atom stereocenters. The minimum atomic E-state index is -5.42. The van der Waals surface area contributed by atoms with Gasteiger partial charge in [0.1, 0.15) is 0 Å². The topological polar surface area (TPSA) is 3.24 Å². The summed E-state index contributed by atoms with van der Waals surface area (Å²) in [7, 11) is 2.06. The van der Waals surface area contributed by atoms with Crippen LogP contribution in [0.3, 0.4) is 0 Å². The van der Waals surface area contributed by atoms with Crippen LogP contribution in [0.25, 0.3) is 0 Å². The molecule has 0 saturated carbocycles. The lowest BCUT2D eigenvalue weighted by atomic mass is 10.2. The molecule has 7 heteroatoms. The van der Waals surface area contributed by atoms with Crippen LogP contribution in [0.1, 0.15) is 51.9 Å². The van der Waals surface area contributed by atoms with Crippen molar-refractivity contribution in [2.75, 3.05) is 31.6 Å². The maximum Gasteiger partial charge on any atom is 0.453 e. The molecule has 0 spiro atoms. The predicted molar refractivity (Wildman–Crippen MR) is 83.8 cm³/mol. The summed E-state index contributed by atoms with van der Waals surface area (Å²) in [5, 5.41) is 0. The van der Waals surface area contributed by atoms with E-state index in [1.165, 1.54) is 37.4 Å². The van der Waals surface area contributed by atoms with E-state index < -0.39 is 18.5 Å². The van der Waals surface area contributed by atoms with Gasteiger partial charge in [-0.1, -0.05) is 26.2 Å². The minimum absolute atomic E-state index is 0.107. The summed E-state index contributed by atoms with van der Waals surface area (Å²) in [5.74, 6) is -3.39. The largest absolute Gasteiger partial charge is 0.453 e. The zero-order valence-electron chi connectivity index (χ0n) is 13.5. The summed E-state index contributed by atoms with van der Waals surface area (Å²) in [5.41, 5.74) is 0. The first-order valence-corrected chi connectivity index (χ1v) is 9.07. The molecule has 0 fully saturated rings. The number of halogens is 5. The summed E-state index contributed by atoms with van der Waals surface area (Å²) in [6.07, 6.45) is -0.805. The van der Waals surface area contributed by atoms with Gasteiger partial charge >= 0.3 is 12.1 Å². The highest BCUT2D eigenvalue weighted by Gasteiger charge is 2.56. The van der Waals surface area contributed by atoms with Crippen molar-refractivity contribution < 1.29 is 22.0 Å². The first-order chi connectivity index (χ1) is 10.2. The molecule has 0 heterocycles. The van der Waals surface area contributed by atoms with Crippen LogP contribution in [0.5, 0.6) is 0 Å². The first kappa shape index (κ1) is 22.0. The molecule has 0 bridgehead atoms. The second-order valence-corrected chi connectivity index (χ2v) is 6.86. The predicted octanol–water partition coefficient (Wildman–Crippen LogP) is 5.60. The molecule has 1 nitrogen and oxygen atoms in total. The highest BCUT2D eigenvalue weighted by Crippen LogP contribution is 2.39. The highest BCUT2D eigenvalue weighted by molar-refractivity contribution is 7.99. The van der Waals surface area contributed by atoms with Crippen LogP contribution in [-0.4, -0.2) is 48.6 Å². The molecule has 0 aromatic carbocycles. The molecule has 0 aliphatic carbocycles. The van der Waals surface area contributed by atoms with Crippen LogP contribution in [0, 0.1) is 0 Å². The summed E-state index contributed by atoms with van der Waals surface area (Å²) < 4.78 is 61.1. The third-order valence-corrected chi connectivity index (χ3v) is 4.57. The fourth-order valence-corrected chi connectivity index (χ4v) is 2.88. The quantitative estimate of drug-likeness (QED) is 0.314. The van der Waals surface area contributed by atoms with E-state index in [4.69, 9.17) is 0 Å². The summed E-state index contributed by atoms with van der Waals surface area (Å²) >= 11 is 1.45. The lowest BCUT2D eigenvalue weighted by molar-refractivity contribution is -0.284. The van der Waals surface area contributed by atoms with Crippen LogP contribution in [-0.2, 0) is 0 Å². The zero-order chi connectivity index (χ0) is 17.1. The summed E-state index contributed by atoms with van der Waals surface area (Å²) in [6.45, 7) is 4.17. The third kappa shape index (κ3) is 10.6. The number of hydrogen-bond donors (Lipinski definition) is 0. The fraction of sp³-hybridized carbons (Fsp3) is 1.00. The van der Waals surface area contributed by atoms with Crippen LogP contribution < -0.4 is 0 Å². The van der Waals surface area contributed by atoms with Crippen molar-refractivity contribution in [1.82, 2.24) is 4.90 Å². The van der Waals surface area contributed by atoms with Gasteiger partial charge < -0.3 is 4.90 Å². The van der Waals surface area contributed by atoms with Crippen molar-refractivity contribution in [2.45, 2.75) is 64.0 Å². The van der Waals surface area contributed by atoms with Crippen molar-refractivity contribution in [3.05, 3.63) is 0 Å². The Morgan fingerprint density at radius 3 is 2.00 bits per heavy atom.